The fraction of sp³-hybridized carbons (Fsp3) is 0.0500. The number of aliphatic carboxylic acids is 2. The molecular weight excluding hydrogens is 713 g/mol. The Morgan fingerprint density at radius 1 is 0.404 bits per heavy atom. The second-order valence-electron chi connectivity index (χ2n) is 10.9. The summed E-state index contributed by atoms with van der Waals surface area (Å²) >= 11 is 0. The first kappa shape index (κ1) is 35.6. The molecule has 0 amide bonds. The van der Waals surface area contributed by atoms with Crippen molar-refractivity contribution >= 4 is 58.3 Å². The molecule has 6 rings (SSSR count). The Kier molecular flexibility index (Phi) is 12.6. The summed E-state index contributed by atoms with van der Waals surface area (Å²) in [6.45, 7) is -3.94. The molecular formula is C40H34O4P2Pd. The van der Waals surface area contributed by atoms with Crippen molar-refractivity contribution in [3.8, 4) is 0 Å². The molecule has 0 spiro atoms. The molecule has 238 valence electrons. The Balaban J connectivity index is 0.000000220. The van der Waals surface area contributed by atoms with Gasteiger partial charge in [0.05, 0.1) is 0 Å². The van der Waals surface area contributed by atoms with Gasteiger partial charge in [-0.2, -0.15) is 0 Å². The van der Waals surface area contributed by atoms with Crippen LogP contribution >= 0.6 is 14.5 Å². The zero-order chi connectivity index (χ0) is 32.3. The largest absolute Gasteiger partial charge is 2.00 e. The molecule has 7 heteroatoms. The molecule has 0 fully saturated rings. The molecule has 0 atom stereocenters. The van der Waals surface area contributed by atoms with Gasteiger partial charge in [-0.1, -0.05) is 91.0 Å². The van der Waals surface area contributed by atoms with Gasteiger partial charge in [-0.15, -0.1) is 0 Å². The average Bonchev–Trinajstić information content (AvgIpc) is 3.11. The van der Waals surface area contributed by atoms with E-state index >= 15 is 0 Å². The summed E-state index contributed by atoms with van der Waals surface area (Å²) < 4.78 is 0. The van der Waals surface area contributed by atoms with Crippen molar-refractivity contribution in [2.24, 2.45) is 0 Å². The van der Waals surface area contributed by atoms with E-state index in [4.69, 9.17) is 0 Å². The maximum Gasteiger partial charge on any atom is 2.00 e. The third-order valence-corrected chi connectivity index (χ3v) is 17.1. The SMILES string of the molecule is O=C([O-])CP(CC(=O)[O-])(c1ccccc1)(c1ccccc1)c1ccccc1.[Pd+2].c1ccc(P(c2ccccc2)c2ccccc2)cc1. The van der Waals surface area contributed by atoms with Crippen LogP contribution in [0.3, 0.4) is 0 Å². The summed E-state index contributed by atoms with van der Waals surface area (Å²) in [5.41, 5.74) is 0. The molecule has 0 aliphatic heterocycles. The second-order valence-corrected chi connectivity index (χ2v) is 18.3. The Morgan fingerprint density at radius 3 is 0.830 bits per heavy atom. The molecule has 0 saturated heterocycles. The number of carbonyl (C=O) groups is 2. The van der Waals surface area contributed by atoms with Gasteiger partial charge < -0.3 is 0 Å². The molecule has 0 bridgehead atoms. The third-order valence-electron chi connectivity index (χ3n) is 8.14. The van der Waals surface area contributed by atoms with E-state index < -0.39 is 38.8 Å². The fourth-order valence-electron chi connectivity index (χ4n) is 6.16. The summed E-state index contributed by atoms with van der Waals surface area (Å²) in [5.74, 6) is -2.57. The zero-order valence-electron chi connectivity index (χ0n) is 25.6. The van der Waals surface area contributed by atoms with Gasteiger partial charge in [-0.25, -0.2) is 0 Å². The van der Waals surface area contributed by atoms with Crippen molar-refractivity contribution in [2.75, 3.05) is 12.3 Å². The van der Waals surface area contributed by atoms with E-state index in [9.17, 15) is 19.8 Å². The van der Waals surface area contributed by atoms with E-state index in [1.807, 2.05) is 54.6 Å². The predicted molar refractivity (Wildman–Crippen MR) is 190 cm³/mol. The third kappa shape index (κ3) is 7.85. The van der Waals surface area contributed by atoms with Gasteiger partial charge in [0.2, 0.25) is 0 Å². The van der Waals surface area contributed by atoms with E-state index in [0.717, 1.165) is 0 Å². The minimum Gasteiger partial charge on any atom is -0.0622 e. The summed E-state index contributed by atoms with van der Waals surface area (Å²) in [5, 5.41) is 30.3. The van der Waals surface area contributed by atoms with Gasteiger partial charge in [0.25, 0.3) is 0 Å². The molecule has 4 nitrogen and oxygen atoms in total. The number of rotatable bonds is 10. The average molecular weight is 747 g/mol. The number of carboxylic acids is 2. The Hall–Kier alpha value is -4.22. The van der Waals surface area contributed by atoms with Crippen LogP contribution in [-0.2, 0) is 30.0 Å². The monoisotopic (exact) mass is 746 g/mol. The molecule has 0 aliphatic rings. The van der Waals surface area contributed by atoms with Gasteiger partial charge in [-0.3, -0.25) is 0 Å². The Labute approximate surface area is 291 Å². The van der Waals surface area contributed by atoms with Crippen molar-refractivity contribution < 1.29 is 40.2 Å². The standard InChI is InChI=1S/C22H21O4P.C18H15P.Pd/c23-21(24)16-27(17-22(25)26,18-10-4-1-5-11-18,19-12-6-2-7-13-19)20-14-8-3-9-15-20;1-4-10-16(11-5-1)19(17-12-6-2-7-13-17)18-14-8-3-9-15-18;/h1-15H,16-17H2,(H,23,24)(H,25,26);1-15H;/q;;+2/p-2. The van der Waals surface area contributed by atoms with Crippen LogP contribution in [-0.4, -0.2) is 24.3 Å². The topological polar surface area (TPSA) is 80.3 Å². The summed E-state index contributed by atoms with van der Waals surface area (Å²) in [6.07, 6.45) is -0.810. The van der Waals surface area contributed by atoms with Crippen molar-refractivity contribution in [1.29, 1.82) is 0 Å². The summed E-state index contributed by atoms with van der Waals surface area (Å²) in [6, 6.07) is 59.4. The van der Waals surface area contributed by atoms with Gasteiger partial charge in [0, 0.05) is 0 Å². The van der Waals surface area contributed by atoms with E-state index in [2.05, 4.69) is 91.0 Å². The van der Waals surface area contributed by atoms with E-state index in [-0.39, 0.29) is 20.4 Å². The van der Waals surface area contributed by atoms with Crippen molar-refractivity contribution in [2.45, 2.75) is 0 Å². The Morgan fingerprint density at radius 2 is 0.617 bits per heavy atom. The number of benzene rings is 6. The van der Waals surface area contributed by atoms with Crippen LogP contribution in [0.4, 0.5) is 0 Å². The van der Waals surface area contributed by atoms with Crippen LogP contribution in [0.15, 0.2) is 182 Å². The van der Waals surface area contributed by atoms with Crippen LogP contribution < -0.4 is 42.0 Å². The number of hydrogen-bond acceptors (Lipinski definition) is 4. The van der Waals surface area contributed by atoms with Crippen molar-refractivity contribution in [3.05, 3.63) is 182 Å². The van der Waals surface area contributed by atoms with Crippen LogP contribution in [0.5, 0.6) is 0 Å². The molecule has 47 heavy (non-hydrogen) atoms. The predicted octanol–water partition coefficient (Wildman–Crippen LogP) is 3.46. The minimum absolute atomic E-state index is 0. The fourth-order valence-corrected chi connectivity index (χ4v) is 14.4. The number of carboxylic acid groups (broad SMARTS) is 2. The van der Waals surface area contributed by atoms with Crippen LogP contribution in [0, 0.1) is 0 Å². The molecule has 6 aromatic carbocycles. The van der Waals surface area contributed by atoms with E-state index in [0.29, 0.717) is 15.9 Å². The molecule has 0 saturated carbocycles. The van der Waals surface area contributed by atoms with Gasteiger partial charge >= 0.3 is 178 Å². The Bertz CT molecular complexity index is 1630. The molecule has 0 radical (unpaired) electrons. The van der Waals surface area contributed by atoms with Crippen LogP contribution in [0.2, 0.25) is 0 Å². The maximum absolute atomic E-state index is 12.0. The normalized spacial score (nSPS) is 11.6. The van der Waals surface area contributed by atoms with Gasteiger partial charge in [-0.05, 0) is 23.8 Å². The minimum atomic E-state index is -3.94. The van der Waals surface area contributed by atoms with E-state index in [1.165, 1.54) is 15.9 Å². The first-order chi connectivity index (χ1) is 22.4. The van der Waals surface area contributed by atoms with Crippen molar-refractivity contribution in [1.82, 2.24) is 0 Å². The molecule has 0 heterocycles. The molecule has 0 unspecified atom stereocenters. The smallest absolute Gasteiger partial charge is 0.0622 e. The first-order valence-electron chi connectivity index (χ1n) is 15.0. The summed E-state index contributed by atoms with van der Waals surface area (Å²) in [4.78, 5) is 24.1. The number of hydrogen-bond donors (Lipinski definition) is 0. The van der Waals surface area contributed by atoms with E-state index in [1.54, 1.807) is 36.4 Å². The molecule has 0 N–H and O–H groups in total. The molecule has 0 aromatic heterocycles. The van der Waals surface area contributed by atoms with Gasteiger partial charge in [0.15, 0.2) is 0 Å². The van der Waals surface area contributed by atoms with Gasteiger partial charge in [0.1, 0.15) is 0 Å². The first-order valence-corrected chi connectivity index (χ1v) is 18.9. The maximum atomic E-state index is 12.0. The zero-order valence-corrected chi connectivity index (χ0v) is 28.9. The molecule has 0 aliphatic carbocycles. The quantitative estimate of drug-likeness (QED) is 0.159. The summed E-state index contributed by atoms with van der Waals surface area (Å²) in [7, 11) is -0.446. The molecule has 6 aromatic rings. The van der Waals surface area contributed by atoms with Crippen LogP contribution in [0.1, 0.15) is 0 Å². The van der Waals surface area contributed by atoms with Crippen molar-refractivity contribution in [3.63, 3.8) is 0 Å². The number of carbonyl (C=O) groups excluding carboxylic acids is 2. The van der Waals surface area contributed by atoms with Crippen LogP contribution in [0.25, 0.3) is 0 Å². The second kappa shape index (κ2) is 16.6.